The number of hydrogen-bond acceptors (Lipinski definition) is 9. The van der Waals surface area contributed by atoms with Crippen LogP contribution in [0.4, 0.5) is 0 Å². The first kappa shape index (κ1) is 36.6. The molecule has 5 aliphatic carbocycles. The monoisotopic (exact) mass is 740 g/mol. The average Bonchev–Trinajstić information content (AvgIpc) is 3.55. The van der Waals surface area contributed by atoms with Crippen LogP contribution in [-0.2, 0) is 18.0 Å². The highest BCUT2D eigenvalue weighted by Gasteiger charge is 2.67. The van der Waals surface area contributed by atoms with E-state index in [0.717, 1.165) is 74.1 Å². The first-order chi connectivity index (χ1) is 25.8. The van der Waals surface area contributed by atoms with Crippen molar-refractivity contribution < 1.29 is 14.9 Å². The number of guanidine groups is 2. The summed E-state index contributed by atoms with van der Waals surface area (Å²) in [6, 6.07) is 6.31. The molecule has 3 heterocycles. The van der Waals surface area contributed by atoms with E-state index in [1.807, 2.05) is 0 Å². The molecular weight excluding hydrogens is 675 g/mol. The Kier molecular flexibility index (Phi) is 9.17. The number of aromatic nitrogens is 1. The summed E-state index contributed by atoms with van der Waals surface area (Å²) in [6.07, 6.45) is 20.7. The van der Waals surface area contributed by atoms with Crippen LogP contribution < -0.4 is 22.1 Å². The van der Waals surface area contributed by atoms with Gasteiger partial charge in [0.1, 0.15) is 12.8 Å². The van der Waals surface area contributed by atoms with Crippen LogP contribution in [0.3, 0.4) is 0 Å². The van der Waals surface area contributed by atoms with Crippen molar-refractivity contribution in [1.29, 1.82) is 0 Å². The van der Waals surface area contributed by atoms with E-state index in [1.54, 1.807) is 0 Å². The standard InChI is InChI=1S/C44H65N7O3/c1-27-19-43(16-11-28(20-43)12-17-44(53)14-5-8-33(52)21-44)38-42(3,54-38)15-13-36-34(27)22-41(36,2)32-10-9-29(18-32)37-49-39(45)47-23-30-6-4-7-31-24-51(25-35(30)31)26-48-40(46)50-37/h4,6-7,24-25,28-29,32-34,36-38,52-53H,1,5,8-23,26H2,2-3H3,(H3,45,47,49)(H3,46,48,50). The molecule has 54 heavy (non-hydrogen) atoms. The van der Waals surface area contributed by atoms with Gasteiger partial charge in [0.05, 0.1) is 30.0 Å². The van der Waals surface area contributed by atoms with Gasteiger partial charge in [0.25, 0.3) is 0 Å². The van der Waals surface area contributed by atoms with Gasteiger partial charge in [-0.1, -0.05) is 37.3 Å². The molecule has 12 atom stereocenters. The maximum atomic E-state index is 11.3. The fourth-order valence-corrected chi connectivity index (χ4v) is 13.2. The Morgan fingerprint density at radius 1 is 0.981 bits per heavy atom. The van der Waals surface area contributed by atoms with Gasteiger partial charge in [-0.15, -0.1) is 0 Å². The van der Waals surface area contributed by atoms with Crippen LogP contribution in [0.15, 0.2) is 52.7 Å². The molecule has 2 bridgehead atoms. The fraction of sp³-hybridized carbons (Fsp3) is 0.727. The number of epoxide rings is 1. The van der Waals surface area contributed by atoms with E-state index in [-0.39, 0.29) is 28.7 Å². The molecule has 9 rings (SSSR count). The molecule has 1 saturated heterocycles. The zero-order valence-electron chi connectivity index (χ0n) is 32.7. The predicted octanol–water partition coefficient (Wildman–Crippen LogP) is 6.44. The smallest absolute Gasteiger partial charge is 0.192 e. The van der Waals surface area contributed by atoms with E-state index < -0.39 is 5.60 Å². The highest BCUT2D eigenvalue weighted by Crippen LogP contribution is 2.69. The number of allylic oxidation sites excluding steroid dienone is 1. The first-order valence-electron chi connectivity index (χ1n) is 21.3. The molecule has 6 fully saturated rings. The zero-order chi connectivity index (χ0) is 37.5. The number of aliphatic hydroxyl groups excluding tert-OH is 1. The van der Waals surface area contributed by atoms with E-state index >= 15 is 0 Å². The molecule has 294 valence electrons. The number of aliphatic hydroxyl groups is 2. The second-order valence-corrected chi connectivity index (χ2v) is 19.7. The third-order valence-corrected chi connectivity index (χ3v) is 16.2. The summed E-state index contributed by atoms with van der Waals surface area (Å²) in [7, 11) is 0. The van der Waals surface area contributed by atoms with Crippen LogP contribution in [0.2, 0.25) is 0 Å². The number of benzene rings is 1. The summed E-state index contributed by atoms with van der Waals surface area (Å²) < 4.78 is 8.85. The van der Waals surface area contributed by atoms with Gasteiger partial charge < -0.3 is 41.6 Å². The highest BCUT2D eigenvalue weighted by molar-refractivity contribution is 5.86. The van der Waals surface area contributed by atoms with Crippen molar-refractivity contribution in [2.45, 2.75) is 159 Å². The molecule has 10 nitrogen and oxygen atoms in total. The largest absolute Gasteiger partial charge is 0.393 e. The lowest BCUT2D eigenvalue weighted by atomic mass is 9.46. The van der Waals surface area contributed by atoms with Crippen molar-refractivity contribution >= 4 is 22.7 Å². The second-order valence-electron chi connectivity index (χ2n) is 19.7. The summed E-state index contributed by atoms with van der Waals surface area (Å²) in [4.78, 5) is 9.50. The number of hydrogen-bond donors (Lipinski definition) is 6. The van der Waals surface area contributed by atoms with E-state index in [1.165, 1.54) is 44.1 Å². The van der Waals surface area contributed by atoms with Crippen LogP contribution >= 0.6 is 0 Å². The second kappa shape index (κ2) is 13.5. The Labute approximate surface area is 321 Å². The molecular formula is C44H65N7O3. The molecule has 12 unspecified atom stereocenters. The SMILES string of the molecule is C=C1CC2(CCC(CCC3(O)CCCC(O)C3)C2)C2OC2(C)CCC2C1CC2(C)C1CCC(C2NC(N)=NCc3cccc4cn(cc34)CN=C(N)N2)C1. The van der Waals surface area contributed by atoms with Gasteiger partial charge in [-0.05, 0) is 149 Å². The minimum Gasteiger partial charge on any atom is -0.393 e. The Morgan fingerprint density at radius 2 is 1.81 bits per heavy atom. The zero-order valence-corrected chi connectivity index (χ0v) is 32.7. The number of fused-ring (bicyclic) bond motifs is 4. The van der Waals surface area contributed by atoms with Crippen LogP contribution in [-0.4, -0.2) is 56.3 Å². The molecule has 2 aromatic rings. The molecule has 0 radical (unpaired) electrons. The highest BCUT2D eigenvalue weighted by atomic mass is 16.6. The lowest BCUT2D eigenvalue weighted by Crippen LogP contribution is -2.56. The maximum Gasteiger partial charge on any atom is 0.192 e. The number of nitrogens with one attached hydrogen (secondary N) is 2. The van der Waals surface area contributed by atoms with Crippen molar-refractivity contribution in [1.82, 2.24) is 15.2 Å². The van der Waals surface area contributed by atoms with E-state index in [0.29, 0.717) is 67.2 Å². The van der Waals surface area contributed by atoms with Gasteiger partial charge in [-0.2, -0.15) is 0 Å². The summed E-state index contributed by atoms with van der Waals surface area (Å²) in [5, 5.41) is 30.9. The Bertz CT molecular complexity index is 1820. The molecule has 2 aliphatic heterocycles. The Morgan fingerprint density at radius 3 is 2.65 bits per heavy atom. The average molecular weight is 740 g/mol. The van der Waals surface area contributed by atoms with E-state index in [2.05, 4.69) is 59.6 Å². The minimum absolute atomic E-state index is 0.0355. The van der Waals surface area contributed by atoms with Gasteiger partial charge >= 0.3 is 0 Å². The summed E-state index contributed by atoms with van der Waals surface area (Å²) in [6.45, 7) is 10.8. The van der Waals surface area contributed by atoms with Gasteiger partial charge in [-0.25, -0.2) is 9.98 Å². The molecule has 10 heteroatoms. The predicted molar refractivity (Wildman–Crippen MR) is 214 cm³/mol. The fourth-order valence-electron chi connectivity index (χ4n) is 13.2. The molecule has 5 saturated carbocycles. The number of nitrogens with zero attached hydrogens (tertiary/aromatic N) is 3. The molecule has 1 aromatic heterocycles. The van der Waals surface area contributed by atoms with Crippen LogP contribution in [0, 0.1) is 40.4 Å². The number of ether oxygens (including phenoxy) is 1. The van der Waals surface area contributed by atoms with Crippen LogP contribution in [0.5, 0.6) is 0 Å². The van der Waals surface area contributed by atoms with Crippen molar-refractivity contribution in [3.63, 3.8) is 0 Å². The molecule has 7 aliphatic rings. The van der Waals surface area contributed by atoms with Crippen molar-refractivity contribution in [2.75, 3.05) is 0 Å². The summed E-state index contributed by atoms with van der Waals surface area (Å²) >= 11 is 0. The quantitative estimate of drug-likeness (QED) is 0.152. The van der Waals surface area contributed by atoms with Crippen LogP contribution in [0.25, 0.3) is 10.8 Å². The topological polar surface area (TPSA) is 159 Å². The van der Waals surface area contributed by atoms with E-state index in [9.17, 15) is 10.2 Å². The Balaban J connectivity index is 0.865. The van der Waals surface area contributed by atoms with Gasteiger partial charge in [0.2, 0.25) is 0 Å². The normalized spacial score (nSPS) is 43.8. The van der Waals surface area contributed by atoms with Crippen molar-refractivity contribution in [3.8, 4) is 0 Å². The van der Waals surface area contributed by atoms with Crippen LogP contribution in [0.1, 0.15) is 122 Å². The van der Waals surface area contributed by atoms with Crippen molar-refractivity contribution in [2.24, 2.45) is 61.9 Å². The third kappa shape index (κ3) is 6.66. The van der Waals surface area contributed by atoms with Gasteiger partial charge in [-0.3, -0.25) is 0 Å². The molecule has 1 spiro atoms. The first-order valence-corrected chi connectivity index (χ1v) is 21.3. The van der Waals surface area contributed by atoms with Crippen molar-refractivity contribution in [3.05, 3.63) is 48.3 Å². The van der Waals surface area contributed by atoms with Gasteiger partial charge in [0, 0.05) is 29.6 Å². The lowest BCUT2D eigenvalue weighted by Gasteiger charge is -2.58. The lowest BCUT2D eigenvalue weighted by molar-refractivity contribution is -0.0697. The third-order valence-electron chi connectivity index (χ3n) is 16.2. The number of nitrogens with two attached hydrogens (primary N) is 2. The molecule has 1 aromatic carbocycles. The number of rotatable bonds is 5. The summed E-state index contributed by atoms with van der Waals surface area (Å²) in [5.41, 5.74) is 15.4. The Hall–Kier alpha value is -3.08. The van der Waals surface area contributed by atoms with Gasteiger partial charge in [0.15, 0.2) is 11.9 Å². The van der Waals surface area contributed by atoms with E-state index in [4.69, 9.17) is 32.8 Å². The number of aliphatic imine (C=N–C) groups is 2. The molecule has 8 N–H and O–H groups in total. The summed E-state index contributed by atoms with van der Waals surface area (Å²) in [5.74, 6) is 3.65. The maximum absolute atomic E-state index is 11.3. The minimum atomic E-state index is -0.689. The molecule has 0 amide bonds.